The first kappa shape index (κ1) is 15.3. The van der Waals surface area contributed by atoms with Crippen LogP contribution in [-0.2, 0) is 0 Å². The number of benzene rings is 2. The normalized spacial score (nSPS) is 10.9. The topological polar surface area (TPSA) is 83.8 Å². The Morgan fingerprint density at radius 2 is 1.96 bits per heavy atom. The minimum atomic E-state index is -0.425. The second-order valence-corrected chi connectivity index (χ2v) is 6.29. The number of thiophene rings is 1. The summed E-state index contributed by atoms with van der Waals surface area (Å²) in [6, 6.07) is 12.1. The summed E-state index contributed by atoms with van der Waals surface area (Å²) in [4.78, 5) is 12.2. The van der Waals surface area contributed by atoms with Gasteiger partial charge < -0.3 is 11.1 Å². The number of hydrogen-bond donors (Lipinski definition) is 3. The van der Waals surface area contributed by atoms with Gasteiger partial charge in [-0.1, -0.05) is 18.2 Å². The molecule has 0 spiro atoms. The van der Waals surface area contributed by atoms with Crippen LogP contribution in [0, 0.1) is 5.82 Å². The second-order valence-electron chi connectivity index (χ2n) is 5.51. The molecule has 0 aliphatic carbocycles. The van der Waals surface area contributed by atoms with E-state index in [1.54, 1.807) is 47.8 Å². The number of carbonyl (C=O) groups is 1. The Labute approximate surface area is 146 Å². The van der Waals surface area contributed by atoms with E-state index < -0.39 is 5.82 Å². The lowest BCUT2D eigenvalue weighted by atomic mass is 10.0. The molecule has 0 radical (unpaired) electrons. The molecule has 2 aromatic heterocycles. The zero-order valence-electron chi connectivity index (χ0n) is 12.9. The monoisotopic (exact) mass is 352 g/mol. The van der Waals surface area contributed by atoms with E-state index in [9.17, 15) is 9.18 Å². The average molecular weight is 352 g/mol. The van der Waals surface area contributed by atoms with Gasteiger partial charge in [-0.25, -0.2) is 4.39 Å². The molecule has 0 aliphatic heterocycles. The van der Waals surface area contributed by atoms with Gasteiger partial charge in [0.1, 0.15) is 5.52 Å². The molecule has 25 heavy (non-hydrogen) atoms. The Balaban J connectivity index is 1.72. The molecule has 0 atom stereocenters. The highest BCUT2D eigenvalue weighted by Gasteiger charge is 2.16. The van der Waals surface area contributed by atoms with Crippen molar-refractivity contribution in [1.82, 2.24) is 10.2 Å². The van der Waals surface area contributed by atoms with Crippen molar-refractivity contribution in [3.05, 3.63) is 64.6 Å². The van der Waals surface area contributed by atoms with Crippen LogP contribution >= 0.6 is 11.3 Å². The molecule has 0 aliphatic rings. The molecule has 4 aromatic rings. The van der Waals surface area contributed by atoms with Crippen LogP contribution in [0.3, 0.4) is 0 Å². The van der Waals surface area contributed by atoms with Gasteiger partial charge in [-0.3, -0.25) is 9.89 Å². The van der Waals surface area contributed by atoms with Crippen LogP contribution in [0.1, 0.15) is 10.4 Å². The molecule has 2 heterocycles. The van der Waals surface area contributed by atoms with Gasteiger partial charge in [0.15, 0.2) is 11.6 Å². The van der Waals surface area contributed by atoms with E-state index in [-0.39, 0.29) is 11.4 Å². The van der Waals surface area contributed by atoms with Crippen molar-refractivity contribution < 1.29 is 9.18 Å². The predicted molar refractivity (Wildman–Crippen MR) is 98.2 cm³/mol. The zero-order chi connectivity index (χ0) is 17.4. The summed E-state index contributed by atoms with van der Waals surface area (Å²) in [5, 5.41) is 13.5. The van der Waals surface area contributed by atoms with Crippen molar-refractivity contribution in [1.29, 1.82) is 0 Å². The van der Waals surface area contributed by atoms with E-state index in [0.29, 0.717) is 33.6 Å². The number of nitrogens with zero attached hydrogens (tertiary/aromatic N) is 1. The number of nitrogens with two attached hydrogens (primary N) is 1. The first-order chi connectivity index (χ1) is 12.1. The van der Waals surface area contributed by atoms with Crippen molar-refractivity contribution in [3.8, 4) is 11.1 Å². The largest absolute Gasteiger partial charge is 0.399 e. The molecule has 5 nitrogen and oxygen atoms in total. The third-order valence-electron chi connectivity index (χ3n) is 3.91. The summed E-state index contributed by atoms with van der Waals surface area (Å²) in [6.45, 7) is 0. The second kappa shape index (κ2) is 6.03. The molecular formula is C18H13FN4OS. The van der Waals surface area contributed by atoms with Gasteiger partial charge in [0, 0.05) is 22.0 Å². The number of nitrogen functional groups attached to an aromatic ring is 1. The maximum Gasteiger partial charge on any atom is 0.257 e. The molecule has 0 fully saturated rings. The van der Waals surface area contributed by atoms with Gasteiger partial charge in [0.25, 0.3) is 5.91 Å². The molecule has 124 valence electrons. The standard InChI is InChI=1S/C18H13FN4OS/c19-15-13(10-1-3-12(20)4-2-10)5-6-14-16(15)22-23-17(14)21-18(24)11-7-8-25-9-11/h1-9H,20H2,(H2,21,22,23,24). The van der Waals surface area contributed by atoms with Crippen LogP contribution in [0.2, 0.25) is 0 Å². The van der Waals surface area contributed by atoms with Crippen LogP contribution in [0.4, 0.5) is 15.9 Å². The fraction of sp³-hybridized carbons (Fsp3) is 0. The van der Waals surface area contributed by atoms with Crippen LogP contribution in [0.25, 0.3) is 22.0 Å². The lowest BCUT2D eigenvalue weighted by molar-refractivity contribution is 0.102. The van der Waals surface area contributed by atoms with Gasteiger partial charge in [-0.05, 0) is 35.2 Å². The molecular weight excluding hydrogens is 339 g/mol. The van der Waals surface area contributed by atoms with Gasteiger partial charge in [0.05, 0.1) is 5.56 Å². The number of H-pyrrole nitrogens is 1. The number of nitrogens with one attached hydrogen (secondary N) is 2. The summed E-state index contributed by atoms with van der Waals surface area (Å²) in [5.41, 5.74) is 8.23. The number of aromatic amines is 1. The Morgan fingerprint density at radius 3 is 2.68 bits per heavy atom. The van der Waals surface area contributed by atoms with E-state index >= 15 is 0 Å². The van der Waals surface area contributed by atoms with E-state index in [4.69, 9.17) is 5.73 Å². The molecule has 0 unspecified atom stereocenters. The highest BCUT2D eigenvalue weighted by atomic mass is 32.1. The minimum absolute atomic E-state index is 0.245. The molecule has 1 amide bonds. The third kappa shape index (κ3) is 2.74. The molecule has 2 aromatic carbocycles. The quantitative estimate of drug-likeness (QED) is 0.482. The smallest absolute Gasteiger partial charge is 0.257 e. The molecule has 0 saturated heterocycles. The van der Waals surface area contributed by atoms with Crippen molar-refractivity contribution in [2.24, 2.45) is 0 Å². The van der Waals surface area contributed by atoms with Crippen molar-refractivity contribution in [3.63, 3.8) is 0 Å². The van der Waals surface area contributed by atoms with Crippen molar-refractivity contribution >= 4 is 39.7 Å². The Hall–Kier alpha value is -3.19. The van der Waals surface area contributed by atoms with Crippen molar-refractivity contribution in [2.75, 3.05) is 11.1 Å². The zero-order valence-corrected chi connectivity index (χ0v) is 13.7. The van der Waals surface area contributed by atoms with E-state index in [2.05, 4.69) is 15.5 Å². The van der Waals surface area contributed by atoms with Gasteiger partial charge in [-0.15, -0.1) is 0 Å². The van der Waals surface area contributed by atoms with E-state index in [0.717, 1.165) is 0 Å². The first-order valence-corrected chi connectivity index (χ1v) is 8.44. The summed E-state index contributed by atoms with van der Waals surface area (Å²) in [5.74, 6) is -0.405. The maximum absolute atomic E-state index is 14.9. The number of rotatable bonds is 3. The number of carbonyl (C=O) groups excluding carboxylic acids is 1. The molecule has 7 heteroatoms. The number of amides is 1. The molecule has 4 rings (SSSR count). The summed E-state index contributed by atoms with van der Waals surface area (Å²) in [6.07, 6.45) is 0. The van der Waals surface area contributed by atoms with E-state index in [1.807, 2.05) is 5.38 Å². The Kier molecular flexibility index (Phi) is 3.70. The fourth-order valence-corrected chi connectivity index (χ4v) is 3.24. The number of hydrogen-bond acceptors (Lipinski definition) is 4. The highest BCUT2D eigenvalue weighted by Crippen LogP contribution is 2.31. The van der Waals surface area contributed by atoms with Crippen LogP contribution in [-0.4, -0.2) is 16.1 Å². The summed E-state index contributed by atoms with van der Waals surface area (Å²) < 4.78 is 14.9. The minimum Gasteiger partial charge on any atom is -0.399 e. The highest BCUT2D eigenvalue weighted by molar-refractivity contribution is 7.08. The lowest BCUT2D eigenvalue weighted by Crippen LogP contribution is -2.11. The fourth-order valence-electron chi connectivity index (χ4n) is 2.61. The SMILES string of the molecule is Nc1ccc(-c2ccc3c(NC(=O)c4ccsc4)n[nH]c3c2F)cc1. The first-order valence-electron chi connectivity index (χ1n) is 7.49. The van der Waals surface area contributed by atoms with Crippen LogP contribution in [0.5, 0.6) is 0 Å². The number of aromatic nitrogens is 2. The number of anilines is 2. The van der Waals surface area contributed by atoms with E-state index in [1.165, 1.54) is 11.3 Å². The lowest BCUT2D eigenvalue weighted by Gasteiger charge is -2.05. The number of halogens is 1. The Bertz CT molecular complexity index is 1050. The predicted octanol–water partition coefficient (Wildman–Crippen LogP) is 4.27. The Morgan fingerprint density at radius 1 is 1.16 bits per heavy atom. The summed E-state index contributed by atoms with van der Waals surface area (Å²) >= 11 is 1.43. The van der Waals surface area contributed by atoms with Gasteiger partial charge in [-0.2, -0.15) is 16.4 Å². The molecule has 0 saturated carbocycles. The van der Waals surface area contributed by atoms with Gasteiger partial charge >= 0.3 is 0 Å². The third-order valence-corrected chi connectivity index (χ3v) is 4.60. The average Bonchev–Trinajstić information content (AvgIpc) is 3.27. The molecule has 0 bridgehead atoms. The maximum atomic E-state index is 14.9. The molecule has 4 N–H and O–H groups in total. The van der Waals surface area contributed by atoms with Gasteiger partial charge in [0.2, 0.25) is 0 Å². The summed E-state index contributed by atoms with van der Waals surface area (Å²) in [7, 11) is 0. The number of fused-ring (bicyclic) bond motifs is 1. The van der Waals surface area contributed by atoms with Crippen LogP contribution < -0.4 is 11.1 Å². The van der Waals surface area contributed by atoms with Crippen LogP contribution in [0.15, 0.2) is 53.2 Å². The van der Waals surface area contributed by atoms with Crippen molar-refractivity contribution in [2.45, 2.75) is 0 Å².